The van der Waals surface area contributed by atoms with Crippen molar-refractivity contribution < 1.29 is 15.0 Å². The fourth-order valence-electron chi connectivity index (χ4n) is 6.07. The minimum Gasteiger partial charge on any atom is -0.508 e. The molecule has 1 saturated heterocycles. The Hall–Kier alpha value is -2.17. The van der Waals surface area contributed by atoms with E-state index in [1.165, 1.54) is 11.1 Å². The zero-order chi connectivity index (χ0) is 19.4. The van der Waals surface area contributed by atoms with Crippen LogP contribution in [0.2, 0.25) is 0 Å². The number of fused-ring (bicyclic) bond motifs is 1. The minimum absolute atomic E-state index is 0.0232. The third-order valence-corrected chi connectivity index (χ3v) is 7.48. The van der Waals surface area contributed by atoms with Gasteiger partial charge < -0.3 is 10.2 Å². The lowest BCUT2D eigenvalue weighted by Crippen LogP contribution is -2.73. The molecule has 2 aliphatic carbocycles. The largest absolute Gasteiger partial charge is 0.508 e. The zero-order valence-corrected chi connectivity index (χ0v) is 16.1. The number of aromatic hydroxyl groups is 1. The van der Waals surface area contributed by atoms with Crippen molar-refractivity contribution in [1.29, 1.82) is 0 Å². The molecule has 0 spiro atoms. The average Bonchev–Trinajstić information content (AvgIpc) is 2.69. The molecular weight excluding hydrogens is 350 g/mol. The number of Topliss-reactive ketones (excluding diaryl/α,β-unsaturated/α-hetero) is 1. The van der Waals surface area contributed by atoms with Gasteiger partial charge in [-0.15, -0.1) is 0 Å². The van der Waals surface area contributed by atoms with Crippen LogP contribution in [0.15, 0.2) is 48.5 Å². The van der Waals surface area contributed by atoms with Crippen LogP contribution in [0.1, 0.15) is 42.4 Å². The summed E-state index contributed by atoms with van der Waals surface area (Å²) in [4.78, 5) is 14.9. The molecule has 4 nitrogen and oxygen atoms in total. The van der Waals surface area contributed by atoms with E-state index in [4.69, 9.17) is 0 Å². The second-order valence-corrected chi connectivity index (χ2v) is 8.80. The number of carbonyl (C=O) groups is 1. The van der Waals surface area contributed by atoms with Gasteiger partial charge in [0, 0.05) is 30.8 Å². The van der Waals surface area contributed by atoms with Crippen LogP contribution in [0.25, 0.3) is 0 Å². The Morgan fingerprint density at radius 2 is 1.93 bits per heavy atom. The number of phenols is 1. The molecule has 2 aromatic rings. The van der Waals surface area contributed by atoms with E-state index in [0.29, 0.717) is 19.3 Å². The number of piperidine rings is 1. The van der Waals surface area contributed by atoms with Gasteiger partial charge in [-0.2, -0.15) is 0 Å². The van der Waals surface area contributed by atoms with Gasteiger partial charge in [-0.3, -0.25) is 9.69 Å². The molecule has 2 fully saturated rings. The topological polar surface area (TPSA) is 60.8 Å². The summed E-state index contributed by atoms with van der Waals surface area (Å²) in [5, 5.41) is 22.1. The summed E-state index contributed by atoms with van der Waals surface area (Å²) < 4.78 is 0. The van der Waals surface area contributed by atoms with E-state index in [-0.39, 0.29) is 17.6 Å². The van der Waals surface area contributed by atoms with E-state index < -0.39 is 11.0 Å². The van der Waals surface area contributed by atoms with E-state index >= 15 is 0 Å². The zero-order valence-electron chi connectivity index (χ0n) is 16.1. The van der Waals surface area contributed by atoms with E-state index in [2.05, 4.69) is 29.2 Å². The van der Waals surface area contributed by atoms with Gasteiger partial charge in [0.05, 0.1) is 5.60 Å². The predicted octanol–water partition coefficient (Wildman–Crippen LogP) is 2.99. The molecule has 2 N–H and O–H groups in total. The molecule has 0 radical (unpaired) electrons. The molecule has 3 aliphatic rings. The number of likely N-dealkylation sites (tertiary alicyclic amines) is 1. The summed E-state index contributed by atoms with van der Waals surface area (Å²) in [7, 11) is 0. The molecule has 146 valence electrons. The van der Waals surface area contributed by atoms with Crippen molar-refractivity contribution >= 4 is 5.78 Å². The summed E-state index contributed by atoms with van der Waals surface area (Å²) in [5.74, 6) is 0.454. The number of nitrogens with zero attached hydrogens (tertiary/aromatic N) is 1. The van der Waals surface area contributed by atoms with Gasteiger partial charge in [0.1, 0.15) is 11.5 Å². The highest BCUT2D eigenvalue weighted by atomic mass is 16.3. The van der Waals surface area contributed by atoms with Gasteiger partial charge in [-0.05, 0) is 61.1 Å². The third-order valence-electron chi connectivity index (χ3n) is 7.48. The second kappa shape index (κ2) is 6.43. The van der Waals surface area contributed by atoms with E-state index in [0.717, 1.165) is 37.9 Å². The Morgan fingerprint density at radius 3 is 2.75 bits per heavy atom. The average molecular weight is 377 g/mol. The van der Waals surface area contributed by atoms with Gasteiger partial charge in [0.2, 0.25) is 0 Å². The maximum absolute atomic E-state index is 12.5. The summed E-state index contributed by atoms with van der Waals surface area (Å²) >= 11 is 0. The van der Waals surface area contributed by atoms with Crippen LogP contribution in [0.5, 0.6) is 5.75 Å². The molecule has 0 unspecified atom stereocenters. The molecule has 2 bridgehead atoms. The number of phenolic OH excluding ortho intramolecular Hbond substituents is 1. The number of aliphatic hydroxyl groups is 1. The lowest BCUT2D eigenvalue weighted by molar-refractivity contribution is -0.172. The normalized spacial score (nSPS) is 31.9. The van der Waals surface area contributed by atoms with E-state index in [1.54, 1.807) is 12.1 Å². The highest BCUT2D eigenvalue weighted by Gasteiger charge is 2.64. The Labute approximate surface area is 165 Å². The first-order valence-electron chi connectivity index (χ1n) is 10.4. The Kier molecular flexibility index (Phi) is 4.11. The monoisotopic (exact) mass is 377 g/mol. The molecule has 1 aliphatic heterocycles. The second-order valence-electron chi connectivity index (χ2n) is 8.80. The number of rotatable bonds is 3. The van der Waals surface area contributed by atoms with Gasteiger partial charge >= 0.3 is 0 Å². The first-order valence-corrected chi connectivity index (χ1v) is 10.4. The van der Waals surface area contributed by atoms with Gasteiger partial charge in [0.25, 0.3) is 0 Å². The number of hydrogen-bond donors (Lipinski definition) is 2. The minimum atomic E-state index is -0.906. The molecule has 3 atom stereocenters. The lowest BCUT2D eigenvalue weighted by Gasteiger charge is -2.63. The number of ketones is 1. The number of carbonyl (C=O) groups excluding carboxylic acids is 1. The summed E-state index contributed by atoms with van der Waals surface area (Å²) in [5.41, 5.74) is 2.03. The van der Waals surface area contributed by atoms with Crippen molar-refractivity contribution in [1.82, 2.24) is 4.90 Å². The van der Waals surface area contributed by atoms with Crippen molar-refractivity contribution in [3.05, 3.63) is 65.2 Å². The van der Waals surface area contributed by atoms with E-state index in [9.17, 15) is 15.0 Å². The van der Waals surface area contributed by atoms with E-state index in [1.807, 2.05) is 12.1 Å². The van der Waals surface area contributed by atoms with Crippen LogP contribution in [-0.4, -0.2) is 45.6 Å². The first kappa shape index (κ1) is 17.9. The van der Waals surface area contributed by atoms with Crippen LogP contribution >= 0.6 is 0 Å². The van der Waals surface area contributed by atoms with Crippen LogP contribution < -0.4 is 0 Å². The molecule has 2 aromatic carbocycles. The molecule has 0 aromatic heterocycles. The van der Waals surface area contributed by atoms with Crippen molar-refractivity contribution in [2.24, 2.45) is 0 Å². The van der Waals surface area contributed by atoms with Crippen LogP contribution in [-0.2, 0) is 23.1 Å². The number of benzene rings is 2. The number of hydrogen-bond acceptors (Lipinski definition) is 4. The Morgan fingerprint density at radius 1 is 1.11 bits per heavy atom. The Bertz CT molecular complexity index is 911. The van der Waals surface area contributed by atoms with Crippen molar-refractivity contribution in [3.63, 3.8) is 0 Å². The molecule has 1 heterocycles. The highest BCUT2D eigenvalue weighted by molar-refractivity contribution is 5.82. The molecule has 5 rings (SSSR count). The molecular formula is C24H27NO3. The van der Waals surface area contributed by atoms with Crippen molar-refractivity contribution in [2.45, 2.75) is 55.6 Å². The molecule has 28 heavy (non-hydrogen) atoms. The van der Waals surface area contributed by atoms with Crippen LogP contribution in [0.4, 0.5) is 0 Å². The maximum Gasteiger partial charge on any atom is 0.134 e. The van der Waals surface area contributed by atoms with Gasteiger partial charge in [-0.1, -0.05) is 36.4 Å². The predicted molar refractivity (Wildman–Crippen MR) is 107 cm³/mol. The highest BCUT2D eigenvalue weighted by Crippen LogP contribution is 2.57. The summed E-state index contributed by atoms with van der Waals surface area (Å²) in [6.45, 7) is 1.79. The lowest BCUT2D eigenvalue weighted by atomic mass is 9.49. The maximum atomic E-state index is 12.5. The van der Waals surface area contributed by atoms with Gasteiger partial charge in [0.15, 0.2) is 0 Å². The van der Waals surface area contributed by atoms with Crippen LogP contribution in [0, 0.1) is 0 Å². The molecule has 0 amide bonds. The molecule has 1 saturated carbocycles. The fourth-order valence-corrected chi connectivity index (χ4v) is 6.07. The van der Waals surface area contributed by atoms with Crippen molar-refractivity contribution in [3.8, 4) is 5.75 Å². The Balaban J connectivity index is 1.52. The summed E-state index contributed by atoms with van der Waals surface area (Å²) in [6, 6.07) is 16.0. The summed E-state index contributed by atoms with van der Waals surface area (Å²) in [6.07, 6.45) is 3.86. The van der Waals surface area contributed by atoms with Crippen LogP contribution in [0.3, 0.4) is 0 Å². The first-order chi connectivity index (χ1) is 13.5. The van der Waals surface area contributed by atoms with Crippen molar-refractivity contribution in [2.75, 3.05) is 13.1 Å². The smallest absolute Gasteiger partial charge is 0.134 e. The molecule has 4 heteroatoms. The standard InChI is InChI=1S/C24H27NO3/c26-19-7-6-18-14-22-24(28)10-8-20(27)16-23(24,21(18)15-19)11-13-25(22)12-9-17-4-2-1-3-5-17/h1-7,15,22,26,28H,8-14,16H2/t22-,23-,24-/m1/s1. The fraction of sp³-hybridized carbons (Fsp3) is 0.458. The third kappa shape index (κ3) is 2.55. The van der Waals surface area contributed by atoms with Gasteiger partial charge in [-0.25, -0.2) is 0 Å². The quantitative estimate of drug-likeness (QED) is 0.863. The SMILES string of the molecule is O=C1CC[C@@]2(O)[C@H]3Cc4ccc(O)cc4[C@@]2(CCN3CCc2ccccc2)C1.